The average Bonchev–Trinajstić information content (AvgIpc) is 2.82. The van der Waals surface area contributed by atoms with Crippen LogP contribution in [-0.4, -0.2) is 42.1 Å². The highest BCUT2D eigenvalue weighted by Gasteiger charge is 2.26. The number of carbonyl (C=O) groups excluding carboxylic acids is 2. The van der Waals surface area contributed by atoms with E-state index in [0.717, 1.165) is 10.5 Å². The summed E-state index contributed by atoms with van der Waals surface area (Å²) < 4.78 is 0. The number of anilines is 1. The Morgan fingerprint density at radius 2 is 2.05 bits per heavy atom. The van der Waals surface area contributed by atoms with Gasteiger partial charge in [-0.25, -0.2) is 4.79 Å². The Bertz CT molecular complexity index is 556. The molecule has 1 aromatic carbocycles. The van der Waals surface area contributed by atoms with Crippen molar-refractivity contribution in [2.24, 2.45) is 0 Å². The molecule has 3 N–H and O–H groups in total. The van der Waals surface area contributed by atoms with Crippen LogP contribution < -0.4 is 15.5 Å². The number of hydrogen-bond donors (Lipinski definition) is 3. The first-order valence-electron chi connectivity index (χ1n) is 6.59. The fourth-order valence-corrected chi connectivity index (χ4v) is 2.10. The van der Waals surface area contributed by atoms with Gasteiger partial charge in [-0.2, -0.15) is 0 Å². The van der Waals surface area contributed by atoms with Gasteiger partial charge in [-0.15, -0.1) is 0 Å². The van der Waals surface area contributed by atoms with E-state index in [1.807, 2.05) is 6.92 Å². The van der Waals surface area contributed by atoms with Crippen molar-refractivity contribution in [2.75, 3.05) is 18.0 Å². The fraction of sp³-hybridized carbons (Fsp3) is 0.357. The third kappa shape index (κ3) is 3.95. The molecule has 21 heavy (non-hydrogen) atoms. The zero-order valence-electron chi connectivity index (χ0n) is 11.6. The Hall–Kier alpha value is -2.57. The number of benzene rings is 1. The van der Waals surface area contributed by atoms with Crippen molar-refractivity contribution in [3.05, 3.63) is 29.8 Å². The summed E-state index contributed by atoms with van der Waals surface area (Å²) in [4.78, 5) is 35.5. The second-order valence-corrected chi connectivity index (χ2v) is 4.97. The van der Waals surface area contributed by atoms with Crippen LogP contribution in [0.1, 0.15) is 12.0 Å². The number of rotatable bonds is 4. The summed E-state index contributed by atoms with van der Waals surface area (Å²) in [7, 11) is 0. The second-order valence-electron chi connectivity index (χ2n) is 4.97. The van der Waals surface area contributed by atoms with E-state index >= 15 is 0 Å². The van der Waals surface area contributed by atoms with E-state index in [0.29, 0.717) is 12.2 Å². The Morgan fingerprint density at radius 3 is 2.57 bits per heavy atom. The summed E-state index contributed by atoms with van der Waals surface area (Å²) in [5.74, 6) is -1.23. The van der Waals surface area contributed by atoms with Crippen molar-refractivity contribution in [3.63, 3.8) is 0 Å². The number of nitrogens with zero attached hydrogens (tertiary/aromatic N) is 1. The number of nitrogens with one attached hydrogen (secondary N) is 2. The van der Waals surface area contributed by atoms with Gasteiger partial charge in [0.25, 0.3) is 0 Å². The number of hydrogen-bond acceptors (Lipinski definition) is 3. The van der Waals surface area contributed by atoms with Crippen molar-refractivity contribution in [1.29, 1.82) is 0 Å². The number of aryl methyl sites for hydroxylation is 1. The molecule has 0 bridgehead atoms. The summed E-state index contributed by atoms with van der Waals surface area (Å²) in [5, 5.41) is 14.2. The third-order valence-corrected chi connectivity index (χ3v) is 3.19. The van der Waals surface area contributed by atoms with Crippen molar-refractivity contribution < 1.29 is 19.5 Å². The van der Waals surface area contributed by atoms with Crippen molar-refractivity contribution in [3.8, 4) is 0 Å². The Balaban J connectivity index is 2.11. The van der Waals surface area contributed by atoms with Crippen LogP contribution in [0.3, 0.4) is 0 Å². The lowest BCUT2D eigenvalue weighted by molar-refractivity contribution is -0.135. The van der Waals surface area contributed by atoms with Gasteiger partial charge >= 0.3 is 12.0 Å². The van der Waals surface area contributed by atoms with Gasteiger partial charge in [0.15, 0.2) is 0 Å². The minimum absolute atomic E-state index is 0.125. The zero-order chi connectivity index (χ0) is 15.4. The summed E-state index contributed by atoms with van der Waals surface area (Å²) in [5.41, 5.74) is 1.51. The molecule has 1 atom stereocenters. The van der Waals surface area contributed by atoms with Crippen molar-refractivity contribution >= 4 is 23.6 Å². The summed E-state index contributed by atoms with van der Waals surface area (Å²) >= 11 is 0. The van der Waals surface area contributed by atoms with E-state index in [9.17, 15) is 14.4 Å². The molecule has 1 aliphatic heterocycles. The van der Waals surface area contributed by atoms with Gasteiger partial charge in [0, 0.05) is 18.7 Å². The lowest BCUT2D eigenvalue weighted by atomic mass is 10.2. The second kappa shape index (κ2) is 6.25. The van der Waals surface area contributed by atoms with Crippen LogP contribution in [0.25, 0.3) is 0 Å². The van der Waals surface area contributed by atoms with Crippen LogP contribution >= 0.6 is 0 Å². The molecule has 1 aromatic rings. The lowest BCUT2D eigenvalue weighted by Crippen LogP contribution is -2.47. The molecule has 7 nitrogen and oxygen atoms in total. The summed E-state index contributed by atoms with van der Waals surface area (Å²) in [6.45, 7) is 1.82. The maximum Gasteiger partial charge on any atom is 0.323 e. The van der Waals surface area contributed by atoms with Gasteiger partial charge in [-0.3, -0.25) is 14.5 Å². The van der Waals surface area contributed by atoms with Crippen LogP contribution in [0, 0.1) is 6.92 Å². The van der Waals surface area contributed by atoms with E-state index in [4.69, 9.17) is 5.11 Å². The van der Waals surface area contributed by atoms with Crippen LogP contribution in [0.2, 0.25) is 0 Å². The molecule has 1 unspecified atom stereocenters. The highest BCUT2D eigenvalue weighted by molar-refractivity contribution is 5.96. The maximum absolute atomic E-state index is 12.2. The minimum Gasteiger partial charge on any atom is -0.480 e. The number of carbonyl (C=O) groups is 3. The molecule has 0 saturated carbocycles. The molecule has 2 rings (SSSR count). The first-order valence-corrected chi connectivity index (χ1v) is 6.59. The number of carboxylic acid groups (broad SMARTS) is 1. The van der Waals surface area contributed by atoms with Gasteiger partial charge < -0.3 is 15.7 Å². The van der Waals surface area contributed by atoms with E-state index in [2.05, 4.69) is 10.6 Å². The van der Waals surface area contributed by atoms with E-state index in [-0.39, 0.29) is 18.4 Å². The first kappa shape index (κ1) is 14.8. The van der Waals surface area contributed by atoms with Crippen LogP contribution in [0.5, 0.6) is 0 Å². The molecular formula is C14H17N3O4. The molecule has 112 valence electrons. The van der Waals surface area contributed by atoms with Gasteiger partial charge in [0.2, 0.25) is 5.91 Å². The minimum atomic E-state index is -1.11. The van der Waals surface area contributed by atoms with Crippen LogP contribution in [0.4, 0.5) is 10.5 Å². The summed E-state index contributed by atoms with van der Waals surface area (Å²) in [6, 6.07) is 6.15. The summed E-state index contributed by atoms with van der Waals surface area (Å²) in [6.07, 6.45) is 0.209. The molecule has 0 spiro atoms. The Labute approximate surface area is 121 Å². The topological polar surface area (TPSA) is 98.7 Å². The zero-order valence-corrected chi connectivity index (χ0v) is 11.6. The molecule has 7 heteroatoms. The SMILES string of the molecule is Cc1ccc(N(CC(=O)O)C(=O)NC2CNC(=O)C2)cc1. The van der Waals surface area contributed by atoms with Gasteiger partial charge in [0.1, 0.15) is 6.54 Å². The van der Waals surface area contributed by atoms with Gasteiger partial charge in [-0.05, 0) is 19.1 Å². The largest absolute Gasteiger partial charge is 0.480 e. The predicted octanol–water partition coefficient (Wildman–Crippen LogP) is 0.484. The van der Waals surface area contributed by atoms with Gasteiger partial charge in [-0.1, -0.05) is 17.7 Å². The monoisotopic (exact) mass is 291 g/mol. The standard InChI is InChI=1S/C14H17N3O4/c1-9-2-4-11(5-3-9)17(8-13(19)20)14(21)16-10-6-12(18)15-7-10/h2-5,10H,6-8H2,1H3,(H,15,18)(H,16,21)(H,19,20). The molecular weight excluding hydrogens is 274 g/mol. The number of urea groups is 1. The average molecular weight is 291 g/mol. The number of amides is 3. The lowest BCUT2D eigenvalue weighted by Gasteiger charge is -2.23. The molecule has 0 radical (unpaired) electrons. The quantitative estimate of drug-likeness (QED) is 0.751. The van der Waals surface area contributed by atoms with E-state index in [1.54, 1.807) is 24.3 Å². The maximum atomic E-state index is 12.2. The van der Waals surface area contributed by atoms with Crippen LogP contribution in [-0.2, 0) is 9.59 Å². The normalized spacial score (nSPS) is 17.2. The number of carboxylic acids is 1. The number of aliphatic carboxylic acids is 1. The predicted molar refractivity (Wildman–Crippen MR) is 76.1 cm³/mol. The highest BCUT2D eigenvalue weighted by atomic mass is 16.4. The molecule has 1 saturated heterocycles. The molecule has 1 aliphatic rings. The van der Waals surface area contributed by atoms with Crippen molar-refractivity contribution in [2.45, 2.75) is 19.4 Å². The smallest absolute Gasteiger partial charge is 0.323 e. The molecule has 0 aliphatic carbocycles. The molecule has 1 fully saturated rings. The third-order valence-electron chi connectivity index (χ3n) is 3.19. The van der Waals surface area contributed by atoms with Crippen LogP contribution in [0.15, 0.2) is 24.3 Å². The van der Waals surface area contributed by atoms with Crippen molar-refractivity contribution in [1.82, 2.24) is 10.6 Å². The first-order chi connectivity index (χ1) is 9.95. The fourth-order valence-electron chi connectivity index (χ4n) is 2.10. The van der Waals surface area contributed by atoms with E-state index < -0.39 is 18.5 Å². The van der Waals surface area contributed by atoms with E-state index in [1.165, 1.54) is 0 Å². The molecule has 0 aromatic heterocycles. The molecule has 3 amide bonds. The Morgan fingerprint density at radius 1 is 1.38 bits per heavy atom. The Kier molecular flexibility index (Phi) is 4.42. The highest BCUT2D eigenvalue weighted by Crippen LogP contribution is 2.15. The molecule has 1 heterocycles. The van der Waals surface area contributed by atoms with Gasteiger partial charge in [0.05, 0.1) is 6.04 Å².